The third-order valence-electron chi connectivity index (χ3n) is 8.39. The van der Waals surface area contributed by atoms with Crippen molar-refractivity contribution >= 4 is 33.3 Å². The standard InChI is InChI=1S/C34H50ClF3N2O6S/c1-5-9-25(33(43)44)17-18-39-32(42)16-13-23(4)22-40(47(45,46)29-12-8-11-27(21-29)34(36,37)38)30-20-26(14-15-31(30)41)24(7-3)19-28(35)10-6-2/h8,11-12,14-15,20-21,23-25,28,32,39,41-42H,5-7,9-10,13,16-19,22H2,1-4H3,(H,43,44)/t23-,24?,25?,28?,32?/m0/s1. The fraction of sp³-hybridized carbons (Fsp3) is 0.618. The van der Waals surface area contributed by atoms with Gasteiger partial charge >= 0.3 is 12.1 Å². The maximum atomic E-state index is 14.1. The molecule has 0 radical (unpaired) electrons. The number of alkyl halides is 4. The molecule has 0 saturated carbocycles. The smallest absolute Gasteiger partial charge is 0.416 e. The molecule has 0 spiro atoms. The van der Waals surface area contributed by atoms with E-state index in [0.717, 1.165) is 47.3 Å². The summed E-state index contributed by atoms with van der Waals surface area (Å²) in [6.45, 7) is 7.76. The molecular formula is C34H50ClF3N2O6S. The lowest BCUT2D eigenvalue weighted by Gasteiger charge is -2.30. The van der Waals surface area contributed by atoms with Gasteiger partial charge in [0.15, 0.2) is 0 Å². The van der Waals surface area contributed by atoms with Crippen molar-refractivity contribution in [3.8, 4) is 5.75 Å². The van der Waals surface area contributed by atoms with Crippen molar-refractivity contribution < 1.29 is 41.7 Å². The van der Waals surface area contributed by atoms with Crippen LogP contribution in [0.1, 0.15) is 103 Å². The molecule has 0 heterocycles. The van der Waals surface area contributed by atoms with Gasteiger partial charge in [0.2, 0.25) is 0 Å². The van der Waals surface area contributed by atoms with E-state index in [2.05, 4.69) is 5.32 Å². The third kappa shape index (κ3) is 12.5. The van der Waals surface area contributed by atoms with Crippen molar-refractivity contribution in [3.05, 3.63) is 53.6 Å². The van der Waals surface area contributed by atoms with Gasteiger partial charge in [0.05, 0.1) is 22.1 Å². The number of carboxylic acid groups (broad SMARTS) is 1. The van der Waals surface area contributed by atoms with Crippen LogP contribution in [0.15, 0.2) is 47.4 Å². The highest BCUT2D eigenvalue weighted by atomic mass is 35.5. The topological polar surface area (TPSA) is 127 Å². The summed E-state index contributed by atoms with van der Waals surface area (Å²) in [7, 11) is -4.60. The average Bonchev–Trinajstić information content (AvgIpc) is 3.01. The first-order valence-electron chi connectivity index (χ1n) is 16.4. The molecule has 0 saturated heterocycles. The molecule has 4 N–H and O–H groups in total. The second-order valence-corrected chi connectivity index (χ2v) is 14.8. The Morgan fingerprint density at radius 3 is 2.28 bits per heavy atom. The number of nitrogens with one attached hydrogen (secondary N) is 1. The van der Waals surface area contributed by atoms with Crippen LogP contribution >= 0.6 is 11.6 Å². The number of aliphatic carboxylic acids is 1. The summed E-state index contributed by atoms with van der Waals surface area (Å²) < 4.78 is 69.8. The van der Waals surface area contributed by atoms with E-state index < -0.39 is 50.7 Å². The van der Waals surface area contributed by atoms with E-state index in [9.17, 15) is 41.7 Å². The molecule has 5 atom stereocenters. The second-order valence-electron chi connectivity index (χ2n) is 12.3. The molecule has 47 heavy (non-hydrogen) atoms. The maximum absolute atomic E-state index is 14.1. The zero-order valence-electron chi connectivity index (χ0n) is 27.6. The molecular weight excluding hydrogens is 657 g/mol. The molecule has 0 aliphatic carbocycles. The molecule has 2 rings (SSSR count). The molecule has 266 valence electrons. The predicted octanol–water partition coefficient (Wildman–Crippen LogP) is 8.11. The first-order valence-corrected chi connectivity index (χ1v) is 18.2. The van der Waals surface area contributed by atoms with Gasteiger partial charge in [-0.15, -0.1) is 11.6 Å². The van der Waals surface area contributed by atoms with Crippen LogP contribution in [-0.4, -0.2) is 54.4 Å². The van der Waals surface area contributed by atoms with Gasteiger partial charge in [-0.25, -0.2) is 8.42 Å². The van der Waals surface area contributed by atoms with E-state index in [1.807, 2.05) is 20.8 Å². The number of rotatable bonds is 21. The van der Waals surface area contributed by atoms with Crippen LogP contribution in [0.3, 0.4) is 0 Å². The van der Waals surface area contributed by atoms with Gasteiger partial charge in [-0.05, 0) is 99.2 Å². The molecule has 0 amide bonds. The van der Waals surface area contributed by atoms with Crippen LogP contribution in [0.25, 0.3) is 0 Å². The number of anilines is 1. The Hall–Kier alpha value is -2.54. The minimum Gasteiger partial charge on any atom is -0.506 e. The summed E-state index contributed by atoms with van der Waals surface area (Å²) in [5.74, 6) is -2.20. The number of aliphatic hydroxyl groups excluding tert-OH is 1. The van der Waals surface area contributed by atoms with Gasteiger partial charge in [-0.2, -0.15) is 13.2 Å². The molecule has 2 aromatic rings. The highest BCUT2D eigenvalue weighted by Crippen LogP contribution is 2.39. The van der Waals surface area contributed by atoms with Gasteiger partial charge in [-0.3, -0.25) is 14.4 Å². The molecule has 0 aromatic heterocycles. The molecule has 0 bridgehead atoms. The molecule has 0 aliphatic rings. The van der Waals surface area contributed by atoms with Crippen LogP contribution in [-0.2, 0) is 21.0 Å². The number of sulfonamides is 1. The number of aromatic hydroxyl groups is 1. The Kier molecular flexibility index (Phi) is 16.3. The number of phenolic OH excluding ortho intramolecular Hbond substituents is 1. The van der Waals surface area contributed by atoms with Crippen molar-refractivity contribution in [2.45, 2.75) is 114 Å². The van der Waals surface area contributed by atoms with Crippen LogP contribution in [0.4, 0.5) is 18.9 Å². The van der Waals surface area contributed by atoms with Crippen LogP contribution in [0, 0.1) is 11.8 Å². The van der Waals surface area contributed by atoms with Crippen LogP contribution < -0.4 is 9.62 Å². The summed E-state index contributed by atoms with van der Waals surface area (Å²) in [5.41, 5.74) is -0.416. The fourth-order valence-electron chi connectivity index (χ4n) is 5.64. The van der Waals surface area contributed by atoms with Crippen LogP contribution in [0.2, 0.25) is 0 Å². The lowest BCUT2D eigenvalue weighted by molar-refractivity contribution is -0.142. The van der Waals surface area contributed by atoms with E-state index in [1.165, 1.54) is 6.07 Å². The number of carboxylic acids is 1. The first-order chi connectivity index (χ1) is 22.0. The third-order valence-corrected chi connectivity index (χ3v) is 10.6. The lowest BCUT2D eigenvalue weighted by Crippen LogP contribution is -2.36. The Balaban J connectivity index is 2.39. The number of phenols is 1. The minimum atomic E-state index is -4.76. The molecule has 0 fully saturated rings. The molecule has 4 unspecified atom stereocenters. The molecule has 0 aliphatic heterocycles. The maximum Gasteiger partial charge on any atom is 0.416 e. The summed E-state index contributed by atoms with van der Waals surface area (Å²) in [6, 6.07) is 8.18. The summed E-state index contributed by atoms with van der Waals surface area (Å²) in [6.07, 6.45) is -0.583. The van der Waals surface area contributed by atoms with Crippen molar-refractivity contribution in [1.82, 2.24) is 5.32 Å². The van der Waals surface area contributed by atoms with E-state index in [-0.39, 0.29) is 42.2 Å². The van der Waals surface area contributed by atoms with Gasteiger partial charge < -0.3 is 15.3 Å². The number of nitrogens with zero attached hydrogens (tertiary/aromatic N) is 1. The summed E-state index contributed by atoms with van der Waals surface area (Å²) in [4.78, 5) is 10.8. The Labute approximate surface area is 282 Å². The van der Waals surface area contributed by atoms with Crippen molar-refractivity contribution in [3.63, 3.8) is 0 Å². The van der Waals surface area contributed by atoms with E-state index >= 15 is 0 Å². The van der Waals surface area contributed by atoms with E-state index in [0.29, 0.717) is 38.2 Å². The zero-order chi connectivity index (χ0) is 35.4. The SMILES string of the molecule is CCCC(Cl)CC(CC)c1ccc(O)c(N(C[C@@H](C)CCC(O)NCCC(CCC)C(=O)O)S(=O)(=O)c2cccc(C(F)(F)F)c2)c1. The van der Waals surface area contributed by atoms with Crippen molar-refractivity contribution in [2.24, 2.45) is 11.8 Å². The monoisotopic (exact) mass is 706 g/mol. The van der Waals surface area contributed by atoms with E-state index in [1.54, 1.807) is 19.1 Å². The average molecular weight is 707 g/mol. The largest absolute Gasteiger partial charge is 0.506 e. The number of carbonyl (C=O) groups is 1. The number of halogens is 4. The molecule has 13 heteroatoms. The second kappa shape index (κ2) is 18.9. The van der Waals surface area contributed by atoms with Gasteiger partial charge in [0.1, 0.15) is 12.0 Å². The fourth-order valence-corrected chi connectivity index (χ4v) is 7.71. The molecule has 8 nitrogen and oxygen atoms in total. The highest BCUT2D eigenvalue weighted by molar-refractivity contribution is 7.92. The van der Waals surface area contributed by atoms with Crippen molar-refractivity contribution in [1.29, 1.82) is 0 Å². The van der Waals surface area contributed by atoms with Gasteiger partial charge in [-0.1, -0.05) is 52.7 Å². The highest BCUT2D eigenvalue weighted by Gasteiger charge is 2.34. The Morgan fingerprint density at radius 2 is 1.68 bits per heavy atom. The predicted molar refractivity (Wildman–Crippen MR) is 179 cm³/mol. The minimum absolute atomic E-state index is 0.0433. The number of benzene rings is 2. The Bertz CT molecular complexity index is 1380. The normalized spacial score (nSPS) is 15.5. The van der Waals surface area contributed by atoms with Crippen LogP contribution in [0.5, 0.6) is 5.75 Å². The summed E-state index contributed by atoms with van der Waals surface area (Å²) in [5, 5.41) is 33.6. The Morgan fingerprint density at radius 1 is 1.00 bits per heavy atom. The lowest BCUT2D eigenvalue weighted by atomic mass is 9.90. The van der Waals surface area contributed by atoms with Gasteiger partial charge in [0.25, 0.3) is 10.0 Å². The number of hydrogen-bond acceptors (Lipinski definition) is 6. The first kappa shape index (κ1) is 40.6. The zero-order valence-corrected chi connectivity index (χ0v) is 29.2. The quantitative estimate of drug-likeness (QED) is 0.0763. The number of hydrogen-bond donors (Lipinski definition) is 4. The number of aliphatic hydroxyl groups is 1. The summed E-state index contributed by atoms with van der Waals surface area (Å²) >= 11 is 6.55. The van der Waals surface area contributed by atoms with Gasteiger partial charge in [0, 0.05) is 11.9 Å². The van der Waals surface area contributed by atoms with Crippen molar-refractivity contribution in [2.75, 3.05) is 17.4 Å². The molecule has 2 aromatic carbocycles. The van der Waals surface area contributed by atoms with E-state index in [4.69, 9.17) is 11.6 Å².